The largest absolute Gasteiger partial charge is 0.508 e. The molecule has 0 saturated carbocycles. The molecule has 4 heteroatoms. The number of carbonyl (C=O) groups is 1. The van der Waals surface area contributed by atoms with E-state index in [1.807, 2.05) is 13.8 Å². The quantitative estimate of drug-likeness (QED) is 0.667. The summed E-state index contributed by atoms with van der Waals surface area (Å²) in [5, 5.41) is 14.6. The van der Waals surface area contributed by atoms with Gasteiger partial charge in [0.05, 0.1) is 0 Å². The number of amides is 2. The van der Waals surface area contributed by atoms with Crippen molar-refractivity contribution in [3.05, 3.63) is 23.8 Å². The zero-order valence-corrected chi connectivity index (χ0v) is 9.00. The number of urea groups is 1. The molecule has 0 radical (unpaired) electrons. The van der Waals surface area contributed by atoms with Gasteiger partial charge >= 0.3 is 6.03 Å². The number of carbonyl (C=O) groups excluding carboxylic acids is 1. The highest BCUT2D eigenvalue weighted by atomic mass is 16.3. The summed E-state index contributed by atoms with van der Waals surface area (Å²) < 4.78 is 0. The second kappa shape index (κ2) is 5.24. The molecule has 0 atom stereocenters. The molecule has 0 heterocycles. The Balaban J connectivity index is 2.60. The highest BCUT2D eigenvalue weighted by molar-refractivity contribution is 5.90. The normalized spacial score (nSPS) is 9.73. The van der Waals surface area contributed by atoms with E-state index in [2.05, 4.69) is 10.6 Å². The van der Waals surface area contributed by atoms with E-state index in [1.54, 1.807) is 18.2 Å². The van der Waals surface area contributed by atoms with Crippen molar-refractivity contribution in [2.24, 2.45) is 0 Å². The molecule has 0 aliphatic rings. The Labute approximate surface area is 89.3 Å². The van der Waals surface area contributed by atoms with Crippen molar-refractivity contribution in [3.63, 3.8) is 0 Å². The average Bonchev–Trinajstić information content (AvgIpc) is 2.19. The molecule has 82 valence electrons. The van der Waals surface area contributed by atoms with Gasteiger partial charge in [0.2, 0.25) is 0 Å². The van der Waals surface area contributed by atoms with E-state index in [4.69, 9.17) is 0 Å². The molecule has 1 rings (SSSR count). The minimum absolute atomic E-state index is 0.201. The molecule has 15 heavy (non-hydrogen) atoms. The van der Waals surface area contributed by atoms with Crippen LogP contribution in [0.3, 0.4) is 0 Å². The molecule has 3 N–H and O–H groups in total. The van der Waals surface area contributed by atoms with Gasteiger partial charge in [-0.3, -0.25) is 0 Å². The van der Waals surface area contributed by atoms with E-state index in [1.165, 1.54) is 0 Å². The van der Waals surface area contributed by atoms with Gasteiger partial charge in [0.1, 0.15) is 5.75 Å². The van der Waals surface area contributed by atoms with Crippen molar-refractivity contribution in [2.75, 3.05) is 11.9 Å². The fraction of sp³-hybridized carbons (Fsp3) is 0.364. The molecular formula is C11H16N2O2. The zero-order valence-electron chi connectivity index (χ0n) is 9.00. The van der Waals surface area contributed by atoms with E-state index in [9.17, 15) is 9.90 Å². The maximum Gasteiger partial charge on any atom is 0.319 e. The maximum atomic E-state index is 11.3. The molecule has 0 aliphatic heterocycles. The summed E-state index contributed by atoms with van der Waals surface area (Å²) >= 11 is 0. The van der Waals surface area contributed by atoms with Crippen LogP contribution in [0.4, 0.5) is 10.5 Å². The van der Waals surface area contributed by atoms with Crippen molar-refractivity contribution >= 4 is 11.7 Å². The Morgan fingerprint density at radius 1 is 1.47 bits per heavy atom. The van der Waals surface area contributed by atoms with Gasteiger partial charge in [-0.25, -0.2) is 4.79 Å². The smallest absolute Gasteiger partial charge is 0.319 e. The molecule has 1 aromatic rings. The van der Waals surface area contributed by atoms with Crippen LogP contribution in [0, 0.1) is 6.92 Å². The molecule has 0 unspecified atom stereocenters. The lowest BCUT2D eigenvalue weighted by Gasteiger charge is -2.09. The predicted octanol–water partition coefficient (Wildman–Crippen LogP) is 2.23. The van der Waals surface area contributed by atoms with Crippen molar-refractivity contribution in [1.82, 2.24) is 5.32 Å². The molecule has 1 aromatic carbocycles. The van der Waals surface area contributed by atoms with Gasteiger partial charge in [0.15, 0.2) is 0 Å². The van der Waals surface area contributed by atoms with Gasteiger partial charge in [0.25, 0.3) is 0 Å². The first-order chi connectivity index (χ1) is 7.13. The molecule has 0 spiro atoms. The van der Waals surface area contributed by atoms with Gasteiger partial charge in [-0.05, 0) is 37.1 Å². The van der Waals surface area contributed by atoms with Crippen LogP contribution in [0.15, 0.2) is 18.2 Å². The summed E-state index contributed by atoms with van der Waals surface area (Å²) in [6, 6.07) is 4.61. The summed E-state index contributed by atoms with van der Waals surface area (Å²) in [5.41, 5.74) is 1.54. The van der Waals surface area contributed by atoms with Crippen LogP contribution in [-0.2, 0) is 0 Å². The Hall–Kier alpha value is -1.71. The summed E-state index contributed by atoms with van der Waals surface area (Å²) in [4.78, 5) is 11.3. The summed E-state index contributed by atoms with van der Waals surface area (Å²) in [7, 11) is 0. The number of hydrogen-bond acceptors (Lipinski definition) is 2. The lowest BCUT2D eigenvalue weighted by atomic mass is 10.2. The Kier molecular flexibility index (Phi) is 3.97. The summed E-state index contributed by atoms with van der Waals surface area (Å²) in [5.74, 6) is 0.201. The molecule has 0 aliphatic carbocycles. The molecule has 2 amide bonds. The number of phenols is 1. The van der Waals surface area contributed by atoms with Crippen LogP contribution < -0.4 is 10.6 Å². The van der Waals surface area contributed by atoms with Gasteiger partial charge in [-0.1, -0.05) is 6.92 Å². The van der Waals surface area contributed by atoms with Crippen molar-refractivity contribution < 1.29 is 9.90 Å². The third-order valence-electron chi connectivity index (χ3n) is 1.99. The fourth-order valence-electron chi connectivity index (χ4n) is 1.19. The summed E-state index contributed by atoms with van der Waals surface area (Å²) in [6.45, 7) is 4.48. The second-order valence-corrected chi connectivity index (χ2v) is 3.38. The van der Waals surface area contributed by atoms with Crippen molar-refractivity contribution in [1.29, 1.82) is 0 Å². The third kappa shape index (κ3) is 3.50. The Morgan fingerprint density at radius 3 is 2.80 bits per heavy atom. The van der Waals surface area contributed by atoms with Crippen LogP contribution in [0.2, 0.25) is 0 Å². The number of benzene rings is 1. The first-order valence-corrected chi connectivity index (χ1v) is 4.98. The van der Waals surface area contributed by atoms with Crippen LogP contribution in [0.25, 0.3) is 0 Å². The highest BCUT2D eigenvalue weighted by Crippen LogP contribution is 2.19. The average molecular weight is 208 g/mol. The highest BCUT2D eigenvalue weighted by Gasteiger charge is 2.03. The van der Waals surface area contributed by atoms with Crippen LogP contribution in [-0.4, -0.2) is 17.7 Å². The zero-order chi connectivity index (χ0) is 11.3. The third-order valence-corrected chi connectivity index (χ3v) is 1.99. The van der Waals surface area contributed by atoms with Gasteiger partial charge in [-0.15, -0.1) is 0 Å². The molecule has 0 bridgehead atoms. The fourth-order valence-corrected chi connectivity index (χ4v) is 1.19. The van der Waals surface area contributed by atoms with E-state index in [0.717, 1.165) is 12.0 Å². The van der Waals surface area contributed by atoms with Crippen molar-refractivity contribution in [3.8, 4) is 5.75 Å². The predicted molar refractivity (Wildman–Crippen MR) is 60.2 cm³/mol. The van der Waals surface area contributed by atoms with Gasteiger partial charge in [-0.2, -0.15) is 0 Å². The number of hydrogen-bond donors (Lipinski definition) is 3. The van der Waals surface area contributed by atoms with Crippen LogP contribution in [0.5, 0.6) is 5.75 Å². The molecule has 4 nitrogen and oxygen atoms in total. The first kappa shape index (κ1) is 11.4. The van der Waals surface area contributed by atoms with Crippen LogP contribution in [0.1, 0.15) is 18.9 Å². The number of rotatable bonds is 3. The first-order valence-electron chi connectivity index (χ1n) is 4.98. The topological polar surface area (TPSA) is 61.4 Å². The lowest BCUT2D eigenvalue weighted by molar-refractivity contribution is 0.252. The standard InChI is InChI=1S/C11H16N2O2/c1-3-6-12-11(15)13-10-5-4-9(14)7-8(10)2/h4-5,7,14H,3,6H2,1-2H3,(H2,12,13,15). The molecule has 0 saturated heterocycles. The van der Waals surface area contributed by atoms with Crippen LogP contribution >= 0.6 is 0 Å². The maximum absolute atomic E-state index is 11.3. The number of phenolic OH excluding ortho intramolecular Hbond substituents is 1. The molecular weight excluding hydrogens is 192 g/mol. The lowest BCUT2D eigenvalue weighted by Crippen LogP contribution is -2.29. The second-order valence-electron chi connectivity index (χ2n) is 3.38. The number of aryl methyl sites for hydroxylation is 1. The number of anilines is 1. The monoisotopic (exact) mass is 208 g/mol. The Bertz CT molecular complexity index is 350. The van der Waals surface area contributed by atoms with E-state index in [-0.39, 0.29) is 11.8 Å². The molecule has 0 fully saturated rings. The summed E-state index contributed by atoms with van der Waals surface area (Å²) in [6.07, 6.45) is 0.905. The minimum atomic E-state index is -0.217. The SMILES string of the molecule is CCCNC(=O)Nc1ccc(O)cc1C. The Morgan fingerprint density at radius 2 is 2.20 bits per heavy atom. The minimum Gasteiger partial charge on any atom is -0.508 e. The number of aromatic hydroxyl groups is 1. The van der Waals surface area contributed by atoms with E-state index < -0.39 is 0 Å². The van der Waals surface area contributed by atoms with E-state index >= 15 is 0 Å². The van der Waals surface area contributed by atoms with Gasteiger partial charge in [0, 0.05) is 12.2 Å². The van der Waals surface area contributed by atoms with Gasteiger partial charge < -0.3 is 15.7 Å². The van der Waals surface area contributed by atoms with Crippen molar-refractivity contribution in [2.45, 2.75) is 20.3 Å². The van der Waals surface area contributed by atoms with E-state index in [0.29, 0.717) is 12.2 Å². The molecule has 0 aromatic heterocycles. The number of nitrogens with one attached hydrogen (secondary N) is 2.